The maximum Gasteiger partial charge on any atom is 0.248 e. The molecule has 0 aliphatic carbocycles. The molecule has 150 valence electrons. The minimum absolute atomic E-state index is 0.127. The van der Waals surface area contributed by atoms with Crippen molar-refractivity contribution in [2.75, 3.05) is 18.4 Å². The predicted molar refractivity (Wildman–Crippen MR) is 101 cm³/mol. The molecule has 0 saturated heterocycles. The Labute approximate surface area is 161 Å². The van der Waals surface area contributed by atoms with Gasteiger partial charge >= 0.3 is 0 Å². The zero-order valence-electron chi connectivity index (χ0n) is 15.2. The van der Waals surface area contributed by atoms with Gasteiger partial charge in [-0.15, -0.1) is 0 Å². The third-order valence-corrected chi connectivity index (χ3v) is 5.98. The first-order valence-corrected chi connectivity index (χ1v) is 9.86. The van der Waals surface area contributed by atoms with Crippen LogP contribution in [0.3, 0.4) is 0 Å². The van der Waals surface area contributed by atoms with Crippen LogP contribution in [0.15, 0.2) is 47.4 Å². The number of carbonyl (C=O) groups excluding carboxylic acids is 1. The SMILES string of the molecule is CCN(CC)S(=O)(=O)c1ccc(/C=C/C(=O)Nc2cc(F)c(F)cc2F)cc1. The Morgan fingerprint density at radius 3 is 2.14 bits per heavy atom. The minimum atomic E-state index is -3.58. The zero-order valence-corrected chi connectivity index (χ0v) is 16.1. The Morgan fingerprint density at radius 1 is 1.00 bits per heavy atom. The van der Waals surface area contributed by atoms with Gasteiger partial charge in [0.05, 0.1) is 10.6 Å². The quantitative estimate of drug-likeness (QED) is 0.556. The summed E-state index contributed by atoms with van der Waals surface area (Å²) in [7, 11) is -3.58. The summed E-state index contributed by atoms with van der Waals surface area (Å²) in [5, 5.41) is 2.10. The van der Waals surface area contributed by atoms with Crippen LogP contribution in [-0.2, 0) is 14.8 Å². The monoisotopic (exact) mass is 412 g/mol. The van der Waals surface area contributed by atoms with Crippen LogP contribution in [-0.4, -0.2) is 31.7 Å². The number of benzene rings is 2. The van der Waals surface area contributed by atoms with Crippen LogP contribution < -0.4 is 5.32 Å². The van der Waals surface area contributed by atoms with Gasteiger partial charge in [0.15, 0.2) is 11.6 Å². The maximum atomic E-state index is 13.5. The van der Waals surface area contributed by atoms with Crippen LogP contribution in [0.25, 0.3) is 6.08 Å². The van der Waals surface area contributed by atoms with Gasteiger partial charge in [0.25, 0.3) is 0 Å². The molecule has 0 saturated carbocycles. The molecule has 0 fully saturated rings. The molecule has 0 aliphatic rings. The van der Waals surface area contributed by atoms with E-state index < -0.39 is 39.1 Å². The molecule has 2 aromatic carbocycles. The number of nitrogens with zero attached hydrogens (tertiary/aromatic N) is 1. The Balaban J connectivity index is 2.11. The first-order chi connectivity index (χ1) is 13.2. The average Bonchev–Trinajstić information content (AvgIpc) is 2.65. The summed E-state index contributed by atoms with van der Waals surface area (Å²) < 4.78 is 65.7. The number of nitrogens with one attached hydrogen (secondary N) is 1. The van der Waals surface area contributed by atoms with Crippen LogP contribution in [0.4, 0.5) is 18.9 Å². The van der Waals surface area contributed by atoms with Crippen LogP contribution in [0.5, 0.6) is 0 Å². The lowest BCUT2D eigenvalue weighted by molar-refractivity contribution is -0.111. The van der Waals surface area contributed by atoms with Crippen LogP contribution >= 0.6 is 0 Å². The summed E-state index contributed by atoms with van der Waals surface area (Å²) in [6, 6.07) is 6.74. The summed E-state index contributed by atoms with van der Waals surface area (Å²) in [6.45, 7) is 4.18. The minimum Gasteiger partial charge on any atom is -0.320 e. The summed E-state index contributed by atoms with van der Waals surface area (Å²) in [4.78, 5) is 12.0. The van der Waals surface area contributed by atoms with Gasteiger partial charge in [-0.1, -0.05) is 26.0 Å². The van der Waals surface area contributed by atoms with E-state index >= 15 is 0 Å². The fourth-order valence-electron chi connectivity index (χ4n) is 2.43. The highest BCUT2D eigenvalue weighted by atomic mass is 32.2. The van der Waals surface area contributed by atoms with Gasteiger partial charge in [0, 0.05) is 31.3 Å². The highest BCUT2D eigenvalue weighted by Crippen LogP contribution is 2.19. The van der Waals surface area contributed by atoms with Crippen molar-refractivity contribution in [3.63, 3.8) is 0 Å². The number of anilines is 1. The normalized spacial score (nSPS) is 11.9. The summed E-state index contributed by atoms with van der Waals surface area (Å²) in [6.07, 6.45) is 2.44. The average molecular weight is 412 g/mol. The molecule has 0 heterocycles. The summed E-state index contributed by atoms with van der Waals surface area (Å²) in [5.41, 5.74) is 0.0358. The molecule has 0 spiro atoms. The molecular weight excluding hydrogens is 393 g/mol. The first kappa shape index (κ1) is 21.6. The van der Waals surface area contributed by atoms with Gasteiger partial charge in [-0.25, -0.2) is 21.6 Å². The molecule has 0 radical (unpaired) electrons. The second-order valence-electron chi connectivity index (χ2n) is 5.73. The van der Waals surface area contributed by atoms with E-state index in [9.17, 15) is 26.4 Å². The van der Waals surface area contributed by atoms with E-state index in [1.165, 1.54) is 34.6 Å². The molecule has 0 aromatic heterocycles. The molecule has 5 nitrogen and oxygen atoms in total. The van der Waals surface area contributed by atoms with Gasteiger partial charge in [0.2, 0.25) is 15.9 Å². The van der Waals surface area contributed by atoms with Gasteiger partial charge in [-0.05, 0) is 23.8 Å². The van der Waals surface area contributed by atoms with Crippen molar-refractivity contribution < 1.29 is 26.4 Å². The van der Waals surface area contributed by atoms with E-state index in [4.69, 9.17) is 0 Å². The second kappa shape index (κ2) is 9.03. The first-order valence-electron chi connectivity index (χ1n) is 8.42. The highest BCUT2D eigenvalue weighted by molar-refractivity contribution is 7.89. The number of halogens is 3. The highest BCUT2D eigenvalue weighted by Gasteiger charge is 2.21. The number of hydrogen-bond acceptors (Lipinski definition) is 3. The number of rotatable bonds is 7. The Kier molecular flexibility index (Phi) is 6.98. The molecular formula is C19H19F3N2O3S. The van der Waals surface area contributed by atoms with E-state index in [0.29, 0.717) is 30.8 Å². The van der Waals surface area contributed by atoms with Crippen LogP contribution in [0.2, 0.25) is 0 Å². The van der Waals surface area contributed by atoms with E-state index in [1.807, 2.05) is 0 Å². The lowest BCUT2D eigenvalue weighted by atomic mass is 10.2. The summed E-state index contributed by atoms with van der Waals surface area (Å²) in [5.74, 6) is -4.51. The molecule has 1 amide bonds. The summed E-state index contributed by atoms with van der Waals surface area (Å²) >= 11 is 0. The number of sulfonamides is 1. The Bertz CT molecular complexity index is 986. The molecule has 0 atom stereocenters. The van der Waals surface area contributed by atoms with Crippen LogP contribution in [0, 0.1) is 17.5 Å². The lowest BCUT2D eigenvalue weighted by Crippen LogP contribution is -2.30. The maximum absolute atomic E-state index is 13.5. The van der Waals surface area contributed by atoms with Crippen molar-refractivity contribution >= 4 is 27.7 Å². The Hall–Kier alpha value is -2.65. The fourth-order valence-corrected chi connectivity index (χ4v) is 3.89. The third-order valence-electron chi connectivity index (χ3n) is 3.92. The van der Waals surface area contributed by atoms with Crippen molar-refractivity contribution in [2.24, 2.45) is 0 Å². The molecule has 9 heteroatoms. The molecule has 0 unspecified atom stereocenters. The van der Waals surface area contributed by atoms with Crippen molar-refractivity contribution in [3.8, 4) is 0 Å². The Morgan fingerprint density at radius 2 is 1.57 bits per heavy atom. The van der Waals surface area contributed by atoms with E-state index in [-0.39, 0.29) is 4.90 Å². The molecule has 0 bridgehead atoms. The number of hydrogen-bond donors (Lipinski definition) is 1. The topological polar surface area (TPSA) is 66.5 Å². The van der Waals surface area contributed by atoms with Crippen molar-refractivity contribution in [2.45, 2.75) is 18.7 Å². The number of amides is 1. The third kappa shape index (κ3) is 4.99. The molecule has 2 aromatic rings. The smallest absolute Gasteiger partial charge is 0.248 e. The van der Waals surface area contributed by atoms with Crippen LogP contribution in [0.1, 0.15) is 19.4 Å². The molecule has 28 heavy (non-hydrogen) atoms. The lowest BCUT2D eigenvalue weighted by Gasteiger charge is -2.18. The van der Waals surface area contributed by atoms with E-state index in [2.05, 4.69) is 5.32 Å². The molecule has 0 aliphatic heterocycles. The standard InChI is InChI=1S/C19H19F3N2O3S/c1-3-24(4-2)28(26,27)14-8-5-13(6-9-14)7-10-19(25)23-18-12-16(21)15(20)11-17(18)22/h5-12H,3-4H2,1-2H3,(H,23,25)/b10-7+. The van der Waals surface area contributed by atoms with Gasteiger partial charge in [-0.2, -0.15) is 4.31 Å². The van der Waals surface area contributed by atoms with Gasteiger partial charge in [0.1, 0.15) is 5.82 Å². The largest absolute Gasteiger partial charge is 0.320 e. The van der Waals surface area contributed by atoms with E-state index in [0.717, 1.165) is 6.08 Å². The van der Waals surface area contributed by atoms with Gasteiger partial charge in [-0.3, -0.25) is 4.79 Å². The molecule has 1 N–H and O–H groups in total. The second-order valence-corrected chi connectivity index (χ2v) is 7.67. The fraction of sp³-hybridized carbons (Fsp3) is 0.211. The number of carbonyl (C=O) groups is 1. The van der Waals surface area contributed by atoms with Crippen molar-refractivity contribution in [1.82, 2.24) is 4.31 Å². The van der Waals surface area contributed by atoms with Crippen molar-refractivity contribution in [3.05, 3.63) is 65.5 Å². The van der Waals surface area contributed by atoms with E-state index in [1.54, 1.807) is 13.8 Å². The van der Waals surface area contributed by atoms with Gasteiger partial charge < -0.3 is 5.32 Å². The predicted octanol–water partition coefficient (Wildman–Crippen LogP) is 3.79. The molecule has 2 rings (SSSR count). The zero-order chi connectivity index (χ0) is 20.9. The van der Waals surface area contributed by atoms with Crippen molar-refractivity contribution in [1.29, 1.82) is 0 Å².